The zero-order chi connectivity index (χ0) is 9.40. The molecule has 0 radical (unpaired) electrons. The first-order valence-electron chi connectivity index (χ1n) is 4.62. The minimum Gasteiger partial charge on any atom is -0.342 e. The molecule has 0 fully saturated rings. The molecular formula is C8H19BN2O. The van der Waals surface area contributed by atoms with Crippen LogP contribution in [0.2, 0.25) is 13.1 Å². The monoisotopic (exact) mass is 170 g/mol. The molecule has 0 bridgehead atoms. The average Bonchev–Trinajstić information content (AvgIpc) is 2.04. The Hall–Kier alpha value is -0.505. The van der Waals surface area contributed by atoms with Crippen molar-refractivity contribution in [2.24, 2.45) is 0 Å². The number of likely N-dealkylation sites (N-methyl/N-ethyl adjacent to an activating group) is 1. The lowest BCUT2D eigenvalue weighted by molar-refractivity contribution is -0.128. The minimum atomic E-state index is 0.179. The van der Waals surface area contributed by atoms with E-state index in [0.29, 0.717) is 0 Å². The second-order valence-corrected chi connectivity index (χ2v) is 2.96. The van der Waals surface area contributed by atoms with Gasteiger partial charge in [0.1, 0.15) is 7.28 Å². The first kappa shape index (κ1) is 11.5. The molecule has 0 aliphatic heterocycles. The van der Waals surface area contributed by atoms with E-state index in [-0.39, 0.29) is 5.91 Å². The van der Waals surface area contributed by atoms with Crippen LogP contribution in [-0.4, -0.2) is 44.8 Å². The summed E-state index contributed by atoms with van der Waals surface area (Å²) < 4.78 is 0. The van der Waals surface area contributed by atoms with Crippen LogP contribution in [0.5, 0.6) is 0 Å². The number of nitrogens with zero attached hydrogens (tertiary/aromatic N) is 1. The fraction of sp³-hybridized carbons (Fsp3) is 0.875. The summed E-state index contributed by atoms with van der Waals surface area (Å²) in [5.41, 5.74) is 0. The second kappa shape index (κ2) is 7.16. The first-order valence-corrected chi connectivity index (χ1v) is 4.62. The highest BCUT2D eigenvalue weighted by molar-refractivity contribution is 6.33. The van der Waals surface area contributed by atoms with Gasteiger partial charge in [0.25, 0.3) is 0 Å². The largest absolute Gasteiger partial charge is 0.342 e. The Morgan fingerprint density at radius 2 is 2.17 bits per heavy atom. The van der Waals surface area contributed by atoms with Crippen molar-refractivity contribution in [3.8, 4) is 0 Å². The molecule has 0 saturated carbocycles. The summed E-state index contributed by atoms with van der Waals surface area (Å²) in [4.78, 5) is 12.9. The number of nitrogens with one attached hydrogen (secondary N) is 1. The van der Waals surface area contributed by atoms with Crippen LogP contribution >= 0.6 is 0 Å². The van der Waals surface area contributed by atoms with Crippen LogP contribution in [0.25, 0.3) is 0 Å². The van der Waals surface area contributed by atoms with Crippen LogP contribution in [0.1, 0.15) is 6.92 Å². The van der Waals surface area contributed by atoms with Crippen LogP contribution in [0, 0.1) is 0 Å². The third kappa shape index (κ3) is 5.19. The number of amides is 1. The van der Waals surface area contributed by atoms with Crippen molar-refractivity contribution in [3.05, 3.63) is 0 Å². The number of hydrogen-bond donors (Lipinski definition) is 1. The molecule has 0 rings (SSSR count). The van der Waals surface area contributed by atoms with E-state index in [1.165, 1.54) is 0 Å². The van der Waals surface area contributed by atoms with Crippen LogP contribution in [0.4, 0.5) is 0 Å². The van der Waals surface area contributed by atoms with Gasteiger partial charge in [0.05, 0.1) is 0 Å². The summed E-state index contributed by atoms with van der Waals surface area (Å²) in [6.07, 6.45) is 1.10. The van der Waals surface area contributed by atoms with E-state index < -0.39 is 0 Å². The summed E-state index contributed by atoms with van der Waals surface area (Å²) in [5, 5.41) is 3.04. The Bertz CT molecular complexity index is 122. The molecule has 0 aliphatic carbocycles. The molecule has 0 aromatic heterocycles. The van der Waals surface area contributed by atoms with Crippen molar-refractivity contribution in [2.75, 3.05) is 26.7 Å². The highest BCUT2D eigenvalue weighted by atomic mass is 16.2. The van der Waals surface area contributed by atoms with Crippen molar-refractivity contribution >= 4 is 13.2 Å². The standard InChI is InChI=1S/C8H19BN2O/c1-8(12)11(6-4-9-2)7-5-10-3/h9-10H,4-7H2,1-3H3. The third-order valence-electron chi connectivity index (χ3n) is 1.86. The van der Waals surface area contributed by atoms with Crippen LogP contribution < -0.4 is 5.32 Å². The summed E-state index contributed by atoms with van der Waals surface area (Å²) in [6.45, 7) is 6.37. The molecular weight excluding hydrogens is 151 g/mol. The molecule has 12 heavy (non-hydrogen) atoms. The van der Waals surface area contributed by atoms with E-state index in [1.54, 1.807) is 6.92 Å². The quantitative estimate of drug-likeness (QED) is 0.567. The van der Waals surface area contributed by atoms with Crippen LogP contribution in [-0.2, 0) is 4.79 Å². The lowest BCUT2D eigenvalue weighted by atomic mass is 9.78. The van der Waals surface area contributed by atoms with Gasteiger partial charge in [-0.1, -0.05) is 13.1 Å². The maximum absolute atomic E-state index is 11.1. The van der Waals surface area contributed by atoms with E-state index in [2.05, 4.69) is 12.1 Å². The highest BCUT2D eigenvalue weighted by Crippen LogP contribution is 1.91. The van der Waals surface area contributed by atoms with Gasteiger partial charge in [0.2, 0.25) is 5.91 Å². The third-order valence-corrected chi connectivity index (χ3v) is 1.86. The van der Waals surface area contributed by atoms with E-state index in [0.717, 1.165) is 33.2 Å². The van der Waals surface area contributed by atoms with E-state index in [1.807, 2.05) is 11.9 Å². The topological polar surface area (TPSA) is 32.3 Å². The minimum absolute atomic E-state index is 0.179. The van der Waals surface area contributed by atoms with Crippen LogP contribution in [0.15, 0.2) is 0 Å². The number of carbonyl (C=O) groups is 1. The average molecular weight is 170 g/mol. The number of carbonyl (C=O) groups excluding carboxylic acids is 1. The van der Waals surface area contributed by atoms with Gasteiger partial charge < -0.3 is 10.2 Å². The molecule has 1 amide bonds. The first-order chi connectivity index (χ1) is 5.72. The van der Waals surface area contributed by atoms with Gasteiger partial charge in [-0.05, 0) is 7.05 Å². The maximum Gasteiger partial charge on any atom is 0.219 e. The lowest BCUT2D eigenvalue weighted by Crippen LogP contribution is -2.35. The fourth-order valence-electron chi connectivity index (χ4n) is 1.02. The van der Waals surface area contributed by atoms with Gasteiger partial charge in [-0.15, -0.1) is 0 Å². The summed E-state index contributed by atoms with van der Waals surface area (Å²) in [5.74, 6) is 0.179. The van der Waals surface area contributed by atoms with Gasteiger partial charge in [-0.3, -0.25) is 4.79 Å². The Labute approximate surface area is 75.8 Å². The molecule has 3 nitrogen and oxygen atoms in total. The molecule has 0 aliphatic rings. The molecule has 70 valence electrons. The van der Waals surface area contributed by atoms with Crippen molar-refractivity contribution in [2.45, 2.75) is 20.1 Å². The fourth-order valence-corrected chi connectivity index (χ4v) is 1.02. The summed E-state index contributed by atoms with van der Waals surface area (Å²) >= 11 is 0. The molecule has 0 aromatic rings. The van der Waals surface area contributed by atoms with Gasteiger partial charge >= 0.3 is 0 Å². The molecule has 1 N–H and O–H groups in total. The van der Waals surface area contributed by atoms with Crippen molar-refractivity contribution < 1.29 is 4.79 Å². The zero-order valence-electron chi connectivity index (χ0n) is 8.39. The zero-order valence-corrected chi connectivity index (χ0v) is 8.39. The van der Waals surface area contributed by atoms with Crippen molar-refractivity contribution in [1.29, 1.82) is 0 Å². The molecule has 0 atom stereocenters. The molecule has 4 heteroatoms. The molecule has 0 unspecified atom stereocenters. The smallest absolute Gasteiger partial charge is 0.219 e. The molecule has 0 heterocycles. The predicted molar refractivity (Wildman–Crippen MR) is 54.0 cm³/mol. The number of hydrogen-bond acceptors (Lipinski definition) is 2. The normalized spacial score (nSPS) is 9.58. The predicted octanol–water partition coefficient (Wildman–Crippen LogP) is -0.0428. The van der Waals surface area contributed by atoms with Gasteiger partial charge in [0, 0.05) is 26.6 Å². The maximum atomic E-state index is 11.1. The molecule has 0 saturated heterocycles. The van der Waals surface area contributed by atoms with Crippen molar-refractivity contribution in [3.63, 3.8) is 0 Å². The Morgan fingerprint density at radius 3 is 2.58 bits per heavy atom. The summed E-state index contributed by atoms with van der Waals surface area (Å²) in [7, 11) is 3.04. The van der Waals surface area contributed by atoms with Crippen molar-refractivity contribution in [1.82, 2.24) is 10.2 Å². The number of rotatable bonds is 6. The Balaban J connectivity index is 3.62. The molecule has 0 spiro atoms. The van der Waals surface area contributed by atoms with Crippen LogP contribution in [0.3, 0.4) is 0 Å². The second-order valence-electron chi connectivity index (χ2n) is 2.96. The van der Waals surface area contributed by atoms with E-state index >= 15 is 0 Å². The Morgan fingerprint density at radius 1 is 1.50 bits per heavy atom. The SMILES string of the molecule is CBCCN(CCNC)C(C)=O. The van der Waals surface area contributed by atoms with Gasteiger partial charge in [0.15, 0.2) is 0 Å². The Kier molecular flexibility index (Phi) is 6.86. The highest BCUT2D eigenvalue weighted by Gasteiger charge is 2.05. The van der Waals surface area contributed by atoms with Gasteiger partial charge in [-0.2, -0.15) is 0 Å². The molecule has 0 aromatic carbocycles. The van der Waals surface area contributed by atoms with Gasteiger partial charge in [-0.25, -0.2) is 0 Å². The van der Waals surface area contributed by atoms with E-state index in [9.17, 15) is 4.79 Å². The lowest BCUT2D eigenvalue weighted by Gasteiger charge is -2.20. The summed E-state index contributed by atoms with van der Waals surface area (Å²) in [6, 6.07) is 0. The van der Waals surface area contributed by atoms with E-state index in [4.69, 9.17) is 0 Å².